The third-order valence-corrected chi connectivity index (χ3v) is 2.78. The van der Waals surface area contributed by atoms with E-state index >= 15 is 0 Å². The molecule has 0 aliphatic rings. The van der Waals surface area contributed by atoms with Crippen LogP contribution in [0.3, 0.4) is 0 Å². The van der Waals surface area contributed by atoms with Gasteiger partial charge in [0.25, 0.3) is 0 Å². The molecule has 1 heterocycles. The van der Waals surface area contributed by atoms with Crippen molar-refractivity contribution < 1.29 is 4.74 Å². The summed E-state index contributed by atoms with van der Waals surface area (Å²) < 4.78 is 5.60. The van der Waals surface area contributed by atoms with Crippen LogP contribution in [0.25, 0.3) is 0 Å². The van der Waals surface area contributed by atoms with Crippen molar-refractivity contribution in [1.29, 1.82) is 0 Å². The highest BCUT2D eigenvalue weighted by atomic mass is 35.5. The van der Waals surface area contributed by atoms with E-state index in [-0.39, 0.29) is 4.99 Å². The first-order valence-electron chi connectivity index (χ1n) is 5.27. The summed E-state index contributed by atoms with van der Waals surface area (Å²) in [5.74, 6) is 0.959. The van der Waals surface area contributed by atoms with E-state index in [4.69, 9.17) is 34.3 Å². The Kier molecular flexibility index (Phi) is 3.79. The van der Waals surface area contributed by atoms with E-state index in [0.717, 1.165) is 5.56 Å². The van der Waals surface area contributed by atoms with Crippen molar-refractivity contribution in [2.24, 2.45) is 5.73 Å². The van der Waals surface area contributed by atoms with Gasteiger partial charge in [0, 0.05) is 6.07 Å². The summed E-state index contributed by atoms with van der Waals surface area (Å²) in [5.41, 5.74) is 7.10. The summed E-state index contributed by atoms with van der Waals surface area (Å²) in [6, 6.07) is 10.8. The van der Waals surface area contributed by atoms with Gasteiger partial charge in [0.2, 0.25) is 5.88 Å². The van der Waals surface area contributed by atoms with E-state index < -0.39 is 0 Å². The van der Waals surface area contributed by atoms with Crippen molar-refractivity contribution in [3.05, 3.63) is 52.7 Å². The fraction of sp³-hybridized carbons (Fsp3) is 0.0769. The van der Waals surface area contributed by atoms with E-state index in [1.54, 1.807) is 24.3 Å². The summed E-state index contributed by atoms with van der Waals surface area (Å²) in [6.07, 6.45) is 0. The minimum Gasteiger partial charge on any atom is -0.437 e. The maximum Gasteiger partial charge on any atom is 0.219 e. The Balaban J connectivity index is 2.28. The zero-order valence-corrected chi connectivity index (χ0v) is 11.3. The van der Waals surface area contributed by atoms with Crippen molar-refractivity contribution >= 4 is 28.8 Å². The van der Waals surface area contributed by atoms with Gasteiger partial charge in [-0.3, -0.25) is 0 Å². The molecule has 0 spiro atoms. The quantitative estimate of drug-likeness (QED) is 0.874. The Morgan fingerprint density at radius 3 is 2.78 bits per heavy atom. The molecule has 0 saturated heterocycles. The monoisotopic (exact) mass is 278 g/mol. The summed E-state index contributed by atoms with van der Waals surface area (Å²) in [4.78, 5) is 4.42. The van der Waals surface area contributed by atoms with Gasteiger partial charge in [0.05, 0.1) is 5.02 Å². The molecule has 5 heteroatoms. The Morgan fingerprint density at radius 1 is 1.33 bits per heavy atom. The number of thiocarbonyl (C=S) groups is 1. The second-order valence-corrected chi connectivity index (χ2v) is 4.61. The molecule has 1 aromatic heterocycles. The maximum atomic E-state index is 6.08. The van der Waals surface area contributed by atoms with E-state index in [1.165, 1.54) is 0 Å². The molecule has 0 aliphatic carbocycles. The lowest BCUT2D eigenvalue weighted by molar-refractivity contribution is 0.463. The van der Waals surface area contributed by atoms with E-state index in [1.807, 2.05) is 19.1 Å². The predicted molar refractivity (Wildman–Crippen MR) is 76.4 cm³/mol. The fourth-order valence-corrected chi connectivity index (χ4v) is 1.80. The number of halogens is 1. The zero-order chi connectivity index (χ0) is 13.1. The average molecular weight is 279 g/mol. The third-order valence-electron chi connectivity index (χ3n) is 2.28. The number of nitrogens with two attached hydrogens (primary N) is 1. The molecular formula is C13H11ClN2OS. The summed E-state index contributed by atoms with van der Waals surface area (Å²) in [5, 5.41) is 0.539. The highest BCUT2D eigenvalue weighted by Gasteiger charge is 2.06. The van der Waals surface area contributed by atoms with Gasteiger partial charge < -0.3 is 10.5 Å². The second-order valence-electron chi connectivity index (χ2n) is 3.76. The normalized spacial score (nSPS) is 10.1. The molecule has 18 heavy (non-hydrogen) atoms. The molecule has 0 bridgehead atoms. The Morgan fingerprint density at radius 2 is 2.11 bits per heavy atom. The molecule has 0 radical (unpaired) electrons. The van der Waals surface area contributed by atoms with Gasteiger partial charge >= 0.3 is 0 Å². The first-order chi connectivity index (χ1) is 8.56. The molecule has 2 rings (SSSR count). The molecule has 92 valence electrons. The average Bonchev–Trinajstić information content (AvgIpc) is 2.33. The van der Waals surface area contributed by atoms with Crippen LogP contribution in [0.15, 0.2) is 36.4 Å². The first kappa shape index (κ1) is 12.8. The lowest BCUT2D eigenvalue weighted by Gasteiger charge is -2.08. The SMILES string of the molecule is Cc1ccc(Oc2cccc(C(N)=S)n2)c(Cl)c1. The number of ether oxygens (including phenoxy) is 1. The van der Waals surface area contributed by atoms with Crippen LogP contribution < -0.4 is 10.5 Å². The maximum absolute atomic E-state index is 6.08. The molecule has 0 unspecified atom stereocenters. The second kappa shape index (κ2) is 5.33. The van der Waals surface area contributed by atoms with E-state index in [9.17, 15) is 0 Å². The van der Waals surface area contributed by atoms with Crippen molar-refractivity contribution in [3.8, 4) is 11.6 Å². The number of aromatic nitrogens is 1. The lowest BCUT2D eigenvalue weighted by Crippen LogP contribution is -2.11. The molecule has 0 fully saturated rings. The minimum absolute atomic E-state index is 0.232. The Bertz CT molecular complexity index is 601. The highest BCUT2D eigenvalue weighted by molar-refractivity contribution is 7.80. The third kappa shape index (κ3) is 2.97. The number of hydrogen-bond donors (Lipinski definition) is 1. The van der Waals surface area contributed by atoms with Crippen LogP contribution in [-0.2, 0) is 0 Å². The molecule has 3 nitrogen and oxygen atoms in total. The fourth-order valence-electron chi connectivity index (χ4n) is 1.41. The molecule has 0 atom stereocenters. The van der Waals surface area contributed by atoms with Gasteiger partial charge in [-0.15, -0.1) is 0 Å². The van der Waals surface area contributed by atoms with Crippen LogP contribution in [0.1, 0.15) is 11.3 Å². The smallest absolute Gasteiger partial charge is 0.219 e. The molecule has 0 amide bonds. The number of pyridine rings is 1. The number of hydrogen-bond acceptors (Lipinski definition) is 3. The van der Waals surface area contributed by atoms with Gasteiger partial charge in [0.15, 0.2) is 0 Å². The minimum atomic E-state index is 0.232. The first-order valence-corrected chi connectivity index (χ1v) is 6.06. The summed E-state index contributed by atoms with van der Waals surface area (Å²) in [7, 11) is 0. The van der Waals surface area contributed by atoms with Gasteiger partial charge in [-0.25, -0.2) is 4.98 Å². The molecule has 1 aromatic carbocycles. The van der Waals surface area contributed by atoms with Gasteiger partial charge in [-0.1, -0.05) is 36.0 Å². The van der Waals surface area contributed by atoms with Crippen molar-refractivity contribution in [2.45, 2.75) is 6.92 Å². The van der Waals surface area contributed by atoms with Crippen LogP contribution in [0.2, 0.25) is 5.02 Å². The van der Waals surface area contributed by atoms with Crippen LogP contribution >= 0.6 is 23.8 Å². The Labute approximate surface area is 116 Å². The lowest BCUT2D eigenvalue weighted by atomic mass is 10.2. The van der Waals surface area contributed by atoms with E-state index in [2.05, 4.69) is 4.98 Å². The number of nitrogens with zero attached hydrogens (tertiary/aromatic N) is 1. The van der Waals surface area contributed by atoms with Crippen LogP contribution in [0.4, 0.5) is 0 Å². The number of aryl methyl sites for hydroxylation is 1. The molecular weight excluding hydrogens is 268 g/mol. The van der Waals surface area contributed by atoms with Gasteiger partial charge in [-0.2, -0.15) is 0 Å². The Hall–Kier alpha value is -1.65. The van der Waals surface area contributed by atoms with E-state index in [0.29, 0.717) is 22.3 Å². The van der Waals surface area contributed by atoms with Crippen LogP contribution in [0, 0.1) is 6.92 Å². The van der Waals surface area contributed by atoms with Crippen LogP contribution in [0.5, 0.6) is 11.6 Å². The summed E-state index contributed by atoms with van der Waals surface area (Å²) in [6.45, 7) is 1.96. The highest BCUT2D eigenvalue weighted by Crippen LogP contribution is 2.29. The standard InChI is InChI=1S/C13H11ClN2OS/c1-8-5-6-11(9(14)7-8)17-12-4-2-3-10(16-12)13(15)18/h2-7H,1H3,(H2,15,18). The van der Waals surface area contributed by atoms with Gasteiger partial charge in [-0.05, 0) is 30.7 Å². The summed E-state index contributed by atoms with van der Waals surface area (Å²) >= 11 is 10.9. The van der Waals surface area contributed by atoms with Crippen molar-refractivity contribution in [1.82, 2.24) is 4.98 Å². The predicted octanol–water partition coefficient (Wildman–Crippen LogP) is 3.47. The van der Waals surface area contributed by atoms with Gasteiger partial charge in [0.1, 0.15) is 16.4 Å². The van der Waals surface area contributed by atoms with Crippen molar-refractivity contribution in [2.75, 3.05) is 0 Å². The van der Waals surface area contributed by atoms with Crippen molar-refractivity contribution in [3.63, 3.8) is 0 Å². The molecule has 0 saturated carbocycles. The topological polar surface area (TPSA) is 48.1 Å². The largest absolute Gasteiger partial charge is 0.437 e. The number of benzene rings is 1. The molecule has 2 aromatic rings. The zero-order valence-electron chi connectivity index (χ0n) is 9.68. The molecule has 0 aliphatic heterocycles. The number of rotatable bonds is 3. The van der Waals surface area contributed by atoms with Crippen LogP contribution in [-0.4, -0.2) is 9.97 Å². The molecule has 2 N–H and O–H groups in total.